The van der Waals surface area contributed by atoms with Crippen LogP contribution in [0.1, 0.15) is 50.7 Å². The van der Waals surface area contributed by atoms with E-state index in [4.69, 9.17) is 0 Å². The fourth-order valence-electron chi connectivity index (χ4n) is 5.18. The molecule has 3 aromatic rings. The summed E-state index contributed by atoms with van der Waals surface area (Å²) in [6, 6.07) is 7.91. The standard InChI is InChI=1S/C26H27F3N4O2/c1-3-6-18-9-10-21-22(13-18)32(17-31-21)16-25(2)11-4-7-19(14-25)15-33(24(34)35)23-20(26(27,28)29)8-5-12-30-23/h5,8-10,12-13,17,19H,4,7,11,14-16H2,1-2H3,(H,34,35). The van der Waals surface area contributed by atoms with Crippen molar-refractivity contribution in [3.8, 4) is 11.8 Å². The predicted molar refractivity (Wildman–Crippen MR) is 127 cm³/mol. The first-order chi connectivity index (χ1) is 16.6. The number of benzene rings is 1. The van der Waals surface area contributed by atoms with Crippen LogP contribution in [0, 0.1) is 23.2 Å². The molecule has 1 aromatic carbocycles. The number of carbonyl (C=O) groups is 1. The molecule has 0 spiro atoms. The topological polar surface area (TPSA) is 71.2 Å². The molecule has 1 aliphatic carbocycles. The van der Waals surface area contributed by atoms with Crippen LogP contribution in [-0.2, 0) is 12.7 Å². The third kappa shape index (κ3) is 5.42. The third-order valence-electron chi connectivity index (χ3n) is 6.64. The van der Waals surface area contributed by atoms with Crippen LogP contribution >= 0.6 is 0 Å². The second-order valence-corrected chi connectivity index (χ2v) is 9.49. The minimum Gasteiger partial charge on any atom is -0.465 e. The highest BCUT2D eigenvalue weighted by Gasteiger charge is 2.39. The highest BCUT2D eigenvalue weighted by molar-refractivity contribution is 5.85. The zero-order valence-corrected chi connectivity index (χ0v) is 19.6. The summed E-state index contributed by atoms with van der Waals surface area (Å²) in [7, 11) is 0. The van der Waals surface area contributed by atoms with E-state index < -0.39 is 23.7 Å². The van der Waals surface area contributed by atoms with E-state index in [2.05, 4.69) is 33.3 Å². The Kier molecular flexibility index (Phi) is 6.75. The Morgan fingerprint density at radius 2 is 2.11 bits per heavy atom. The van der Waals surface area contributed by atoms with Crippen molar-refractivity contribution in [1.82, 2.24) is 14.5 Å². The number of halogens is 3. The lowest BCUT2D eigenvalue weighted by Crippen LogP contribution is -2.40. The smallest absolute Gasteiger partial charge is 0.419 e. The highest BCUT2D eigenvalue weighted by atomic mass is 19.4. The first-order valence-corrected chi connectivity index (χ1v) is 11.5. The van der Waals surface area contributed by atoms with E-state index in [1.165, 1.54) is 6.20 Å². The average molecular weight is 485 g/mol. The predicted octanol–water partition coefficient (Wildman–Crippen LogP) is 6.20. The number of anilines is 1. The lowest BCUT2D eigenvalue weighted by molar-refractivity contribution is -0.137. The molecule has 1 saturated carbocycles. The first-order valence-electron chi connectivity index (χ1n) is 11.5. The molecular weight excluding hydrogens is 457 g/mol. The van der Waals surface area contributed by atoms with E-state index in [0.717, 1.165) is 52.9 Å². The zero-order chi connectivity index (χ0) is 25.2. The Bertz CT molecular complexity index is 1290. The number of aromatic nitrogens is 3. The number of carboxylic acid groups (broad SMARTS) is 1. The number of pyridine rings is 1. The second-order valence-electron chi connectivity index (χ2n) is 9.49. The van der Waals surface area contributed by atoms with Crippen LogP contribution in [0.15, 0.2) is 42.9 Å². The summed E-state index contributed by atoms with van der Waals surface area (Å²) in [6.45, 7) is 4.57. The van der Waals surface area contributed by atoms with Crippen LogP contribution in [0.4, 0.5) is 23.8 Å². The van der Waals surface area contributed by atoms with Gasteiger partial charge in [0.15, 0.2) is 0 Å². The molecule has 35 heavy (non-hydrogen) atoms. The van der Waals surface area contributed by atoms with E-state index in [0.29, 0.717) is 13.0 Å². The number of alkyl halides is 3. The fraction of sp³-hybridized carbons (Fsp3) is 0.423. The summed E-state index contributed by atoms with van der Waals surface area (Å²) in [5, 5.41) is 9.77. The quantitative estimate of drug-likeness (QED) is 0.438. The summed E-state index contributed by atoms with van der Waals surface area (Å²) in [6.07, 6.45) is 0.0778. The van der Waals surface area contributed by atoms with E-state index in [9.17, 15) is 23.1 Å². The second kappa shape index (κ2) is 9.61. The molecule has 1 N–H and O–H groups in total. The monoisotopic (exact) mass is 484 g/mol. The largest absolute Gasteiger partial charge is 0.465 e. The maximum absolute atomic E-state index is 13.5. The number of imidazole rings is 1. The fourth-order valence-corrected chi connectivity index (χ4v) is 5.18. The van der Waals surface area contributed by atoms with E-state index in [1.807, 2.05) is 18.2 Å². The maximum atomic E-state index is 13.5. The Labute approximate surface area is 201 Å². The van der Waals surface area contributed by atoms with Gasteiger partial charge in [-0.25, -0.2) is 14.8 Å². The van der Waals surface area contributed by atoms with Crippen molar-refractivity contribution in [2.45, 2.75) is 52.3 Å². The lowest BCUT2D eigenvalue weighted by Gasteiger charge is -2.40. The van der Waals surface area contributed by atoms with Gasteiger partial charge in [0, 0.05) is 24.8 Å². The van der Waals surface area contributed by atoms with Crippen LogP contribution in [0.5, 0.6) is 0 Å². The maximum Gasteiger partial charge on any atom is 0.419 e. The van der Waals surface area contributed by atoms with Gasteiger partial charge in [-0.2, -0.15) is 13.2 Å². The third-order valence-corrected chi connectivity index (χ3v) is 6.64. The molecule has 0 aliphatic heterocycles. The van der Waals surface area contributed by atoms with Gasteiger partial charge in [0.2, 0.25) is 0 Å². The lowest BCUT2D eigenvalue weighted by atomic mass is 9.70. The van der Waals surface area contributed by atoms with Crippen molar-refractivity contribution in [2.24, 2.45) is 11.3 Å². The molecular formula is C26H27F3N4O2. The number of amides is 1. The Morgan fingerprint density at radius 1 is 1.31 bits per heavy atom. The van der Waals surface area contributed by atoms with Crippen LogP contribution in [0.2, 0.25) is 0 Å². The molecule has 184 valence electrons. The molecule has 2 aromatic heterocycles. The van der Waals surface area contributed by atoms with Crippen molar-refractivity contribution in [3.63, 3.8) is 0 Å². The van der Waals surface area contributed by atoms with Crippen molar-refractivity contribution in [1.29, 1.82) is 0 Å². The summed E-state index contributed by atoms with van der Waals surface area (Å²) in [5.41, 5.74) is 1.54. The number of nitrogens with zero attached hydrogens (tertiary/aromatic N) is 4. The molecule has 2 unspecified atom stereocenters. The van der Waals surface area contributed by atoms with Gasteiger partial charge in [-0.3, -0.25) is 4.90 Å². The van der Waals surface area contributed by atoms with Crippen molar-refractivity contribution < 1.29 is 23.1 Å². The minimum absolute atomic E-state index is 0.0358. The first kappa shape index (κ1) is 24.6. The van der Waals surface area contributed by atoms with E-state index in [-0.39, 0.29) is 17.9 Å². The Morgan fingerprint density at radius 3 is 2.83 bits per heavy atom. The molecule has 0 bridgehead atoms. The molecule has 4 rings (SSSR count). The molecule has 0 saturated heterocycles. The van der Waals surface area contributed by atoms with Gasteiger partial charge in [-0.15, -0.1) is 5.92 Å². The van der Waals surface area contributed by atoms with Crippen molar-refractivity contribution >= 4 is 22.9 Å². The van der Waals surface area contributed by atoms with E-state index >= 15 is 0 Å². The Balaban J connectivity index is 1.56. The summed E-state index contributed by atoms with van der Waals surface area (Å²) in [5.74, 6) is 5.30. The summed E-state index contributed by atoms with van der Waals surface area (Å²) in [4.78, 5) is 21.0. The van der Waals surface area contributed by atoms with Crippen LogP contribution < -0.4 is 4.90 Å². The summed E-state index contributed by atoms with van der Waals surface area (Å²) < 4.78 is 42.6. The zero-order valence-electron chi connectivity index (χ0n) is 19.6. The highest BCUT2D eigenvalue weighted by Crippen LogP contribution is 2.42. The van der Waals surface area contributed by atoms with Gasteiger partial charge in [0.1, 0.15) is 5.82 Å². The average Bonchev–Trinajstić information content (AvgIpc) is 3.18. The molecule has 2 heterocycles. The molecule has 1 amide bonds. The number of hydrogen-bond donors (Lipinski definition) is 1. The number of fused-ring (bicyclic) bond motifs is 1. The van der Waals surface area contributed by atoms with Crippen LogP contribution in [-0.4, -0.2) is 32.3 Å². The van der Waals surface area contributed by atoms with Crippen molar-refractivity contribution in [3.05, 3.63) is 54.0 Å². The van der Waals surface area contributed by atoms with Gasteiger partial charge in [-0.05, 0) is 67.9 Å². The van der Waals surface area contributed by atoms with Gasteiger partial charge >= 0.3 is 12.3 Å². The number of hydrogen-bond acceptors (Lipinski definition) is 3. The SMILES string of the molecule is CC#Cc1ccc2ncn(CC3(C)CCCC(CN(C(=O)O)c4ncccc4C(F)(F)F)C3)c2c1. The van der Waals surface area contributed by atoms with Gasteiger partial charge in [0.05, 0.1) is 22.9 Å². The molecule has 9 heteroatoms. The molecule has 1 aliphatic rings. The van der Waals surface area contributed by atoms with Gasteiger partial charge in [0.25, 0.3) is 0 Å². The van der Waals surface area contributed by atoms with Gasteiger partial charge in [-0.1, -0.05) is 19.3 Å². The molecule has 0 radical (unpaired) electrons. The Hall–Kier alpha value is -3.54. The number of rotatable bonds is 5. The van der Waals surface area contributed by atoms with Crippen molar-refractivity contribution in [2.75, 3.05) is 11.4 Å². The molecule has 2 atom stereocenters. The van der Waals surface area contributed by atoms with Gasteiger partial charge < -0.3 is 9.67 Å². The van der Waals surface area contributed by atoms with E-state index in [1.54, 1.807) is 13.3 Å². The normalized spacial score (nSPS) is 20.3. The summed E-state index contributed by atoms with van der Waals surface area (Å²) >= 11 is 0. The van der Waals surface area contributed by atoms with Crippen LogP contribution in [0.3, 0.4) is 0 Å². The molecule has 1 fully saturated rings. The minimum atomic E-state index is -4.69. The molecule has 6 nitrogen and oxygen atoms in total. The van der Waals surface area contributed by atoms with Crippen LogP contribution in [0.25, 0.3) is 11.0 Å².